The van der Waals surface area contributed by atoms with Crippen molar-refractivity contribution in [2.45, 2.75) is 24.8 Å². The molecule has 1 aliphatic carbocycles. The number of fused-ring (bicyclic) bond motifs is 1. The average molecular weight is 205 g/mol. The van der Waals surface area contributed by atoms with E-state index < -0.39 is 23.9 Å². The highest BCUT2D eigenvalue weighted by atomic mass is 19.3. The molecule has 2 unspecified atom stereocenters. The smallest absolute Gasteiger partial charge is 0.323 e. The second-order valence-corrected chi connectivity index (χ2v) is 3.98. The third-order valence-corrected chi connectivity index (χ3v) is 3.31. The largest absolute Gasteiger partial charge is 0.468 e. The second-order valence-electron chi connectivity index (χ2n) is 3.98. The lowest BCUT2D eigenvalue weighted by atomic mass is 9.93. The molecule has 0 aromatic heterocycles. The van der Waals surface area contributed by atoms with Gasteiger partial charge < -0.3 is 10.1 Å². The van der Waals surface area contributed by atoms with E-state index in [1.807, 2.05) is 0 Å². The number of hydrogen-bond acceptors (Lipinski definition) is 3. The first kappa shape index (κ1) is 9.83. The zero-order chi connectivity index (χ0) is 10.3. The van der Waals surface area contributed by atoms with Gasteiger partial charge in [0, 0.05) is 18.9 Å². The van der Waals surface area contributed by atoms with E-state index in [1.165, 1.54) is 7.11 Å². The lowest BCUT2D eigenvalue weighted by Gasteiger charge is -2.17. The van der Waals surface area contributed by atoms with Crippen molar-refractivity contribution >= 4 is 5.97 Å². The van der Waals surface area contributed by atoms with Gasteiger partial charge in [0.15, 0.2) is 0 Å². The summed E-state index contributed by atoms with van der Waals surface area (Å²) in [5.74, 6) is -3.97. The minimum atomic E-state index is -2.61. The first-order valence-electron chi connectivity index (χ1n) is 4.75. The Morgan fingerprint density at radius 2 is 2.29 bits per heavy atom. The Balaban J connectivity index is 2.12. The molecular formula is C9H13F2NO2. The van der Waals surface area contributed by atoms with E-state index in [-0.39, 0.29) is 18.9 Å². The zero-order valence-corrected chi connectivity index (χ0v) is 7.93. The molecule has 1 N–H and O–H groups in total. The fourth-order valence-corrected chi connectivity index (χ4v) is 2.55. The average Bonchev–Trinajstić information content (AvgIpc) is 2.67. The van der Waals surface area contributed by atoms with E-state index in [0.29, 0.717) is 6.42 Å². The van der Waals surface area contributed by atoms with E-state index in [9.17, 15) is 13.6 Å². The van der Waals surface area contributed by atoms with Crippen molar-refractivity contribution < 1.29 is 18.3 Å². The van der Waals surface area contributed by atoms with Gasteiger partial charge in [0.25, 0.3) is 5.92 Å². The summed E-state index contributed by atoms with van der Waals surface area (Å²) in [5, 5.41) is 2.81. The van der Waals surface area contributed by atoms with Crippen LogP contribution in [0.1, 0.15) is 12.8 Å². The SMILES string of the molecule is COC(=O)[C@H]1NCC2C1CCC2(F)F. The van der Waals surface area contributed by atoms with Crippen molar-refractivity contribution in [3.63, 3.8) is 0 Å². The summed E-state index contributed by atoms with van der Waals surface area (Å²) in [6.07, 6.45) is 0.307. The molecule has 1 saturated carbocycles. The van der Waals surface area contributed by atoms with Crippen LogP contribution in [0.15, 0.2) is 0 Å². The van der Waals surface area contributed by atoms with E-state index >= 15 is 0 Å². The molecular weight excluding hydrogens is 192 g/mol. The van der Waals surface area contributed by atoms with Gasteiger partial charge in [-0.25, -0.2) is 8.78 Å². The van der Waals surface area contributed by atoms with Crippen LogP contribution in [0.25, 0.3) is 0 Å². The van der Waals surface area contributed by atoms with Crippen LogP contribution in [-0.4, -0.2) is 31.6 Å². The molecule has 14 heavy (non-hydrogen) atoms. The number of ether oxygens (including phenoxy) is 1. The highest BCUT2D eigenvalue weighted by molar-refractivity contribution is 5.76. The summed E-state index contributed by atoms with van der Waals surface area (Å²) in [6, 6.07) is -0.529. The Kier molecular flexibility index (Phi) is 2.21. The Labute approximate surface area is 80.8 Å². The quantitative estimate of drug-likeness (QED) is 0.643. The predicted octanol–water partition coefficient (Wildman–Crippen LogP) is 0.793. The minimum Gasteiger partial charge on any atom is -0.468 e. The van der Waals surface area contributed by atoms with Gasteiger partial charge in [-0.3, -0.25) is 4.79 Å². The monoisotopic (exact) mass is 205 g/mol. The van der Waals surface area contributed by atoms with Gasteiger partial charge in [-0.05, 0) is 12.3 Å². The Morgan fingerprint density at radius 3 is 2.93 bits per heavy atom. The number of carbonyl (C=O) groups excluding carboxylic acids is 1. The van der Waals surface area contributed by atoms with Gasteiger partial charge in [0.05, 0.1) is 7.11 Å². The van der Waals surface area contributed by atoms with Crippen molar-refractivity contribution in [2.75, 3.05) is 13.7 Å². The molecule has 0 radical (unpaired) electrons. The molecule has 3 nitrogen and oxygen atoms in total. The van der Waals surface area contributed by atoms with Crippen LogP contribution in [0, 0.1) is 11.8 Å². The molecule has 1 heterocycles. The van der Waals surface area contributed by atoms with Gasteiger partial charge in [-0.1, -0.05) is 0 Å². The number of hydrogen-bond donors (Lipinski definition) is 1. The molecule has 80 valence electrons. The maximum atomic E-state index is 13.2. The summed E-state index contributed by atoms with van der Waals surface area (Å²) >= 11 is 0. The molecule has 0 aromatic rings. The lowest BCUT2D eigenvalue weighted by molar-refractivity contribution is -0.143. The van der Waals surface area contributed by atoms with Crippen molar-refractivity contribution in [3.8, 4) is 0 Å². The fraction of sp³-hybridized carbons (Fsp3) is 0.889. The molecule has 5 heteroatoms. The van der Waals surface area contributed by atoms with Crippen LogP contribution in [0.5, 0.6) is 0 Å². The van der Waals surface area contributed by atoms with Crippen molar-refractivity contribution in [3.05, 3.63) is 0 Å². The number of esters is 1. The molecule has 0 bridgehead atoms. The Hall–Kier alpha value is -0.710. The van der Waals surface area contributed by atoms with Crippen molar-refractivity contribution in [1.82, 2.24) is 5.32 Å². The number of alkyl halides is 2. The summed E-state index contributed by atoms with van der Waals surface area (Å²) < 4.78 is 31.1. The molecule has 0 amide bonds. The van der Waals surface area contributed by atoms with Crippen molar-refractivity contribution in [2.24, 2.45) is 11.8 Å². The van der Waals surface area contributed by atoms with Crippen LogP contribution < -0.4 is 5.32 Å². The predicted molar refractivity (Wildman–Crippen MR) is 45.0 cm³/mol. The van der Waals surface area contributed by atoms with Gasteiger partial charge in [0.2, 0.25) is 0 Å². The summed E-state index contributed by atoms with van der Waals surface area (Å²) in [6.45, 7) is 0.220. The number of rotatable bonds is 1. The third kappa shape index (κ3) is 1.30. The Bertz CT molecular complexity index is 257. The number of nitrogens with one attached hydrogen (secondary N) is 1. The zero-order valence-electron chi connectivity index (χ0n) is 7.93. The second kappa shape index (κ2) is 3.15. The molecule has 2 rings (SSSR count). The third-order valence-electron chi connectivity index (χ3n) is 3.31. The number of halogens is 2. The highest BCUT2D eigenvalue weighted by Gasteiger charge is 2.57. The van der Waals surface area contributed by atoms with E-state index in [2.05, 4.69) is 10.1 Å². The topological polar surface area (TPSA) is 38.3 Å². The molecule has 2 aliphatic rings. The minimum absolute atomic E-state index is 0.0997. The lowest BCUT2D eigenvalue weighted by Crippen LogP contribution is -2.36. The first-order valence-corrected chi connectivity index (χ1v) is 4.75. The normalized spacial score (nSPS) is 39.5. The highest BCUT2D eigenvalue weighted by Crippen LogP contribution is 2.48. The van der Waals surface area contributed by atoms with Gasteiger partial charge in [-0.2, -0.15) is 0 Å². The van der Waals surface area contributed by atoms with Gasteiger partial charge in [-0.15, -0.1) is 0 Å². The van der Waals surface area contributed by atoms with Crippen molar-refractivity contribution in [1.29, 1.82) is 0 Å². The van der Waals surface area contributed by atoms with Gasteiger partial charge >= 0.3 is 5.97 Å². The molecule has 1 saturated heterocycles. The molecule has 0 aromatic carbocycles. The first-order chi connectivity index (χ1) is 6.56. The number of carbonyl (C=O) groups is 1. The molecule has 0 spiro atoms. The standard InChI is InChI=1S/C9H13F2NO2/c1-14-8(13)7-5-2-3-9(10,11)6(5)4-12-7/h5-7,12H,2-4H2,1H3/t5?,6?,7-/m0/s1. The molecule has 1 aliphatic heterocycles. The summed E-state index contributed by atoms with van der Waals surface area (Å²) in [4.78, 5) is 11.2. The van der Waals surface area contributed by atoms with E-state index in [4.69, 9.17) is 0 Å². The Morgan fingerprint density at radius 1 is 1.57 bits per heavy atom. The fourth-order valence-electron chi connectivity index (χ4n) is 2.55. The summed E-state index contributed by atoms with van der Waals surface area (Å²) in [7, 11) is 1.28. The van der Waals surface area contributed by atoms with Crippen LogP contribution in [0.3, 0.4) is 0 Å². The van der Waals surface area contributed by atoms with Gasteiger partial charge in [0.1, 0.15) is 6.04 Å². The number of methoxy groups -OCH3 is 1. The van der Waals surface area contributed by atoms with Crippen LogP contribution >= 0.6 is 0 Å². The maximum Gasteiger partial charge on any atom is 0.323 e. The van der Waals surface area contributed by atoms with E-state index in [1.54, 1.807) is 0 Å². The van der Waals surface area contributed by atoms with Crippen LogP contribution in [-0.2, 0) is 9.53 Å². The molecule has 3 atom stereocenters. The summed E-state index contributed by atoms with van der Waals surface area (Å²) in [5.41, 5.74) is 0. The van der Waals surface area contributed by atoms with Crippen LogP contribution in [0.2, 0.25) is 0 Å². The molecule has 2 fully saturated rings. The van der Waals surface area contributed by atoms with E-state index in [0.717, 1.165) is 0 Å². The van der Waals surface area contributed by atoms with Crippen LogP contribution in [0.4, 0.5) is 8.78 Å². The maximum absolute atomic E-state index is 13.2.